The number of ether oxygens (including phenoxy) is 1. The van der Waals surface area contributed by atoms with E-state index in [1.807, 2.05) is 13.8 Å². The topological polar surface area (TPSA) is 69.2 Å². The summed E-state index contributed by atoms with van der Waals surface area (Å²) in [6.45, 7) is 6.92. The lowest BCUT2D eigenvalue weighted by Crippen LogP contribution is -2.48. The number of morpholine rings is 1. The van der Waals surface area contributed by atoms with E-state index in [4.69, 9.17) is 16.3 Å². The minimum atomic E-state index is -0.340. The highest BCUT2D eigenvalue weighted by Gasteiger charge is 2.29. The Balaban J connectivity index is 2.22. The number of amides is 1. The number of carbonyl (C=O) groups is 1. The van der Waals surface area contributed by atoms with Gasteiger partial charge in [0, 0.05) is 50.9 Å². The van der Waals surface area contributed by atoms with Gasteiger partial charge in [-0.3, -0.25) is 9.69 Å². The van der Waals surface area contributed by atoms with Gasteiger partial charge in [0.25, 0.3) is 0 Å². The number of benzene rings is 1. The zero-order chi connectivity index (χ0) is 21.4. The number of nitrogens with one attached hydrogen (secondary N) is 2. The molecule has 7 nitrogen and oxygen atoms in total. The maximum atomic E-state index is 14.7. The maximum absolute atomic E-state index is 14.7. The Hall–Kier alpha value is -1.90. The van der Waals surface area contributed by atoms with Crippen molar-refractivity contribution in [3.8, 4) is 0 Å². The molecule has 1 aromatic carbocycles. The molecule has 1 aliphatic rings. The molecule has 0 spiro atoms. The first-order chi connectivity index (χ1) is 13.8. The van der Waals surface area contributed by atoms with Gasteiger partial charge in [0.1, 0.15) is 12.4 Å². The van der Waals surface area contributed by atoms with E-state index in [0.29, 0.717) is 49.3 Å². The second-order valence-electron chi connectivity index (χ2n) is 7.19. The van der Waals surface area contributed by atoms with Gasteiger partial charge in [-0.15, -0.1) is 0 Å². The Morgan fingerprint density at radius 2 is 2.21 bits per heavy atom. The predicted molar refractivity (Wildman–Crippen MR) is 114 cm³/mol. The van der Waals surface area contributed by atoms with Crippen molar-refractivity contribution < 1.29 is 13.9 Å². The van der Waals surface area contributed by atoms with Crippen LogP contribution in [0.15, 0.2) is 23.2 Å². The molecule has 0 aliphatic carbocycles. The van der Waals surface area contributed by atoms with Crippen LogP contribution in [0.1, 0.15) is 25.5 Å². The predicted octanol–water partition coefficient (Wildman–Crippen LogP) is 1.88. The molecule has 162 valence electrons. The molecule has 2 N–H and O–H groups in total. The third-order valence-corrected chi connectivity index (χ3v) is 5.05. The lowest BCUT2D eigenvalue weighted by Gasteiger charge is -2.38. The van der Waals surface area contributed by atoms with Gasteiger partial charge in [-0.05, 0) is 26.0 Å². The SMILES string of the molecule is CCNC(=NCC(=O)N(C)C)NCC(c1c(F)cccc1Cl)N1CCOC(C)C1. The van der Waals surface area contributed by atoms with E-state index in [1.165, 1.54) is 11.0 Å². The first-order valence-electron chi connectivity index (χ1n) is 9.85. The number of guanidine groups is 1. The largest absolute Gasteiger partial charge is 0.376 e. The quantitative estimate of drug-likeness (QED) is 0.513. The lowest BCUT2D eigenvalue weighted by molar-refractivity contribution is -0.127. The van der Waals surface area contributed by atoms with Crippen LogP contribution in [0.3, 0.4) is 0 Å². The Morgan fingerprint density at radius 1 is 1.45 bits per heavy atom. The molecule has 1 amide bonds. The van der Waals surface area contributed by atoms with Crippen LogP contribution in [0.4, 0.5) is 4.39 Å². The Bertz CT molecular complexity index is 696. The van der Waals surface area contributed by atoms with Crippen LogP contribution in [0, 0.1) is 5.82 Å². The fourth-order valence-corrected chi connectivity index (χ4v) is 3.48. The third kappa shape index (κ3) is 6.83. The lowest BCUT2D eigenvalue weighted by atomic mass is 10.0. The molecule has 1 aromatic rings. The van der Waals surface area contributed by atoms with E-state index in [-0.39, 0.29) is 30.4 Å². The monoisotopic (exact) mass is 427 g/mol. The molecule has 1 heterocycles. The van der Waals surface area contributed by atoms with Crippen molar-refractivity contribution in [2.24, 2.45) is 4.99 Å². The number of hydrogen-bond donors (Lipinski definition) is 2. The van der Waals surface area contributed by atoms with Gasteiger partial charge in [0.15, 0.2) is 5.96 Å². The molecule has 0 saturated carbocycles. The summed E-state index contributed by atoms with van der Waals surface area (Å²) in [5.74, 6) is 0.0625. The van der Waals surface area contributed by atoms with Crippen LogP contribution in [-0.2, 0) is 9.53 Å². The Kier molecular flexibility index (Phi) is 9.13. The molecule has 29 heavy (non-hydrogen) atoms. The summed E-state index contributed by atoms with van der Waals surface area (Å²) in [6.07, 6.45) is 0.0522. The first-order valence-corrected chi connectivity index (χ1v) is 10.2. The highest BCUT2D eigenvalue weighted by Crippen LogP contribution is 2.31. The summed E-state index contributed by atoms with van der Waals surface area (Å²) in [5.41, 5.74) is 0.455. The summed E-state index contributed by atoms with van der Waals surface area (Å²) in [7, 11) is 3.38. The number of rotatable bonds is 7. The number of hydrogen-bond acceptors (Lipinski definition) is 4. The van der Waals surface area contributed by atoms with Crippen molar-refractivity contribution in [1.29, 1.82) is 0 Å². The molecule has 0 aromatic heterocycles. The van der Waals surface area contributed by atoms with Gasteiger partial charge >= 0.3 is 0 Å². The third-order valence-electron chi connectivity index (χ3n) is 4.72. The zero-order valence-electron chi connectivity index (χ0n) is 17.5. The van der Waals surface area contributed by atoms with Gasteiger partial charge in [-0.1, -0.05) is 17.7 Å². The highest BCUT2D eigenvalue weighted by molar-refractivity contribution is 6.31. The van der Waals surface area contributed by atoms with Crippen LogP contribution < -0.4 is 10.6 Å². The molecule has 1 saturated heterocycles. The number of halogens is 2. The maximum Gasteiger partial charge on any atom is 0.243 e. The molecule has 2 atom stereocenters. The van der Waals surface area contributed by atoms with E-state index < -0.39 is 0 Å². The number of likely N-dealkylation sites (N-methyl/N-ethyl adjacent to an activating group) is 1. The highest BCUT2D eigenvalue weighted by atomic mass is 35.5. The first kappa shape index (κ1) is 23.4. The minimum absolute atomic E-state index is 0.0298. The minimum Gasteiger partial charge on any atom is -0.376 e. The molecule has 0 bridgehead atoms. The smallest absolute Gasteiger partial charge is 0.243 e. The normalized spacial score (nSPS) is 19.0. The van der Waals surface area contributed by atoms with Crippen molar-refractivity contribution in [3.63, 3.8) is 0 Å². The van der Waals surface area contributed by atoms with Gasteiger partial charge in [0.05, 0.1) is 18.8 Å². The van der Waals surface area contributed by atoms with E-state index in [0.717, 1.165) is 0 Å². The summed E-state index contributed by atoms with van der Waals surface area (Å²) >= 11 is 6.37. The summed E-state index contributed by atoms with van der Waals surface area (Å²) < 4.78 is 20.3. The van der Waals surface area contributed by atoms with Gasteiger partial charge in [-0.2, -0.15) is 0 Å². The molecular formula is C20H31ClFN5O2. The van der Waals surface area contributed by atoms with E-state index in [9.17, 15) is 9.18 Å². The zero-order valence-corrected chi connectivity index (χ0v) is 18.3. The molecule has 0 radical (unpaired) electrons. The molecule has 1 aliphatic heterocycles. The average molecular weight is 428 g/mol. The average Bonchev–Trinajstić information content (AvgIpc) is 2.67. The number of carbonyl (C=O) groups excluding carboxylic acids is 1. The van der Waals surface area contributed by atoms with E-state index in [1.54, 1.807) is 26.2 Å². The molecular weight excluding hydrogens is 397 g/mol. The van der Waals surface area contributed by atoms with Crippen LogP contribution in [-0.4, -0.2) is 81.2 Å². The standard InChI is InChI=1S/C20H31ClFN5O2/c1-5-23-20(25-12-18(28)26(3)4)24-11-17(27-9-10-29-14(2)13-27)19-15(21)7-6-8-16(19)22/h6-8,14,17H,5,9-13H2,1-4H3,(H2,23,24,25). The fourth-order valence-electron chi connectivity index (χ4n) is 3.19. The molecule has 2 unspecified atom stereocenters. The van der Waals surface area contributed by atoms with Crippen molar-refractivity contribution in [2.75, 3.05) is 53.4 Å². The molecule has 9 heteroatoms. The summed E-state index contributed by atoms with van der Waals surface area (Å²) in [6, 6.07) is 4.42. The molecule has 2 rings (SSSR count). The van der Waals surface area contributed by atoms with Crippen LogP contribution in [0.25, 0.3) is 0 Å². The van der Waals surface area contributed by atoms with Crippen molar-refractivity contribution in [3.05, 3.63) is 34.6 Å². The van der Waals surface area contributed by atoms with E-state index >= 15 is 0 Å². The van der Waals surface area contributed by atoms with Gasteiger partial charge < -0.3 is 20.3 Å². The fraction of sp³-hybridized carbons (Fsp3) is 0.600. The molecule has 1 fully saturated rings. The van der Waals surface area contributed by atoms with Crippen molar-refractivity contribution in [2.45, 2.75) is 26.0 Å². The summed E-state index contributed by atoms with van der Waals surface area (Å²) in [5, 5.41) is 6.75. The number of aliphatic imine (C=N–C) groups is 1. The Morgan fingerprint density at radius 3 is 2.83 bits per heavy atom. The van der Waals surface area contributed by atoms with E-state index in [2.05, 4.69) is 20.5 Å². The van der Waals surface area contributed by atoms with Crippen LogP contribution in [0.5, 0.6) is 0 Å². The van der Waals surface area contributed by atoms with Crippen molar-refractivity contribution >= 4 is 23.5 Å². The van der Waals surface area contributed by atoms with Crippen LogP contribution in [0.2, 0.25) is 5.02 Å². The number of nitrogens with zero attached hydrogens (tertiary/aromatic N) is 3. The second-order valence-corrected chi connectivity index (χ2v) is 7.60. The van der Waals surface area contributed by atoms with Gasteiger partial charge in [0.2, 0.25) is 5.91 Å². The van der Waals surface area contributed by atoms with Crippen molar-refractivity contribution in [1.82, 2.24) is 20.4 Å². The van der Waals surface area contributed by atoms with Gasteiger partial charge in [-0.25, -0.2) is 9.38 Å². The second kappa shape index (κ2) is 11.3. The van der Waals surface area contributed by atoms with Crippen LogP contribution >= 0.6 is 11.6 Å². The Labute approximate surface area is 177 Å². The summed E-state index contributed by atoms with van der Waals surface area (Å²) in [4.78, 5) is 19.9.